The van der Waals surface area contributed by atoms with E-state index < -0.39 is 29.2 Å². The van der Waals surface area contributed by atoms with E-state index in [9.17, 15) is 18.0 Å². The van der Waals surface area contributed by atoms with Crippen molar-refractivity contribution in [3.63, 3.8) is 0 Å². The summed E-state index contributed by atoms with van der Waals surface area (Å²) in [7, 11) is 0. The van der Waals surface area contributed by atoms with Crippen molar-refractivity contribution < 1.29 is 27.4 Å². The predicted molar refractivity (Wildman–Crippen MR) is 66.6 cm³/mol. The van der Waals surface area contributed by atoms with Crippen LogP contribution in [0.4, 0.5) is 13.2 Å². The number of benzene rings is 1. The van der Waals surface area contributed by atoms with Gasteiger partial charge < -0.3 is 9.47 Å². The zero-order chi connectivity index (χ0) is 15.4. The van der Waals surface area contributed by atoms with Gasteiger partial charge in [0.25, 0.3) is 0 Å². The first kappa shape index (κ1) is 14.8. The van der Waals surface area contributed by atoms with Crippen LogP contribution in [0.15, 0.2) is 30.5 Å². The van der Waals surface area contributed by atoms with Crippen molar-refractivity contribution in [1.82, 2.24) is 4.98 Å². The van der Waals surface area contributed by atoms with Crippen molar-refractivity contribution >= 4 is 5.97 Å². The van der Waals surface area contributed by atoms with Gasteiger partial charge >= 0.3 is 5.97 Å². The third-order valence-electron chi connectivity index (χ3n) is 2.42. The van der Waals surface area contributed by atoms with Crippen molar-refractivity contribution in [2.24, 2.45) is 0 Å². The van der Waals surface area contributed by atoms with E-state index in [0.29, 0.717) is 12.1 Å². The number of halogens is 3. The first-order valence-electron chi connectivity index (χ1n) is 5.97. The highest BCUT2D eigenvalue weighted by Crippen LogP contribution is 2.27. The maximum atomic E-state index is 13.4. The Morgan fingerprint density at radius 3 is 2.38 bits per heavy atom. The van der Waals surface area contributed by atoms with Gasteiger partial charge in [-0.3, -0.25) is 0 Å². The summed E-state index contributed by atoms with van der Waals surface area (Å²) in [5, 5.41) is 0. The minimum absolute atomic E-state index is 0.146. The van der Waals surface area contributed by atoms with Crippen molar-refractivity contribution in [1.29, 1.82) is 0 Å². The van der Waals surface area contributed by atoms with E-state index in [1.165, 1.54) is 12.1 Å². The molecule has 0 bridgehead atoms. The zero-order valence-corrected chi connectivity index (χ0v) is 10.9. The number of carbonyl (C=O) groups excluding carboxylic acids is 1. The van der Waals surface area contributed by atoms with Gasteiger partial charge in [-0.1, -0.05) is 0 Å². The van der Waals surface area contributed by atoms with E-state index in [1.807, 2.05) is 0 Å². The van der Waals surface area contributed by atoms with Crippen LogP contribution in [0.2, 0.25) is 0 Å². The summed E-state index contributed by atoms with van der Waals surface area (Å²) in [4.78, 5) is 15.1. The fourth-order valence-corrected chi connectivity index (χ4v) is 1.51. The normalized spacial score (nSPS) is 10.3. The quantitative estimate of drug-likeness (QED) is 0.811. The Kier molecular flexibility index (Phi) is 4.42. The van der Waals surface area contributed by atoms with E-state index >= 15 is 0 Å². The fourth-order valence-electron chi connectivity index (χ4n) is 1.51. The lowest BCUT2D eigenvalue weighted by atomic mass is 10.3. The predicted octanol–water partition coefficient (Wildman–Crippen LogP) is 3.47. The second-order valence-electron chi connectivity index (χ2n) is 3.91. The van der Waals surface area contributed by atoms with Crippen LogP contribution < -0.4 is 4.74 Å². The first-order valence-corrected chi connectivity index (χ1v) is 5.97. The van der Waals surface area contributed by atoms with E-state index in [2.05, 4.69) is 4.98 Å². The summed E-state index contributed by atoms with van der Waals surface area (Å²) in [6.45, 7) is 1.87. The van der Waals surface area contributed by atoms with Gasteiger partial charge in [0, 0.05) is 24.4 Å². The number of hydrogen-bond donors (Lipinski definition) is 0. The van der Waals surface area contributed by atoms with E-state index in [0.717, 1.165) is 6.20 Å². The standard InChI is InChI=1S/C14H10F3NO3/c1-2-20-14(19)8-3-4-12(18-7-8)21-13-10(16)5-9(15)6-11(13)17/h3-7H,2H2,1H3. The van der Waals surface area contributed by atoms with E-state index in [-0.39, 0.29) is 18.1 Å². The lowest BCUT2D eigenvalue weighted by Crippen LogP contribution is -2.05. The summed E-state index contributed by atoms with van der Waals surface area (Å²) >= 11 is 0. The molecule has 0 radical (unpaired) electrons. The average Bonchev–Trinajstić information content (AvgIpc) is 2.43. The van der Waals surface area contributed by atoms with Gasteiger partial charge in [0.1, 0.15) is 5.82 Å². The molecule has 0 spiro atoms. The molecule has 2 aromatic rings. The molecule has 7 heteroatoms. The largest absolute Gasteiger partial charge is 0.462 e. The molecule has 2 rings (SSSR count). The van der Waals surface area contributed by atoms with Crippen LogP contribution in [-0.2, 0) is 4.74 Å². The smallest absolute Gasteiger partial charge is 0.339 e. The lowest BCUT2D eigenvalue weighted by molar-refractivity contribution is 0.0526. The van der Waals surface area contributed by atoms with Crippen LogP contribution in [0.5, 0.6) is 11.6 Å². The topological polar surface area (TPSA) is 48.4 Å². The Morgan fingerprint density at radius 1 is 1.19 bits per heavy atom. The van der Waals surface area contributed by atoms with Gasteiger partial charge in [-0.25, -0.2) is 22.9 Å². The Morgan fingerprint density at radius 2 is 1.86 bits per heavy atom. The molecule has 0 aliphatic heterocycles. The first-order chi connectivity index (χ1) is 10.0. The van der Waals surface area contributed by atoms with Crippen molar-refractivity contribution in [2.75, 3.05) is 6.61 Å². The second kappa shape index (κ2) is 6.25. The van der Waals surface area contributed by atoms with Crippen LogP contribution in [0, 0.1) is 17.5 Å². The number of ether oxygens (including phenoxy) is 2. The molecule has 0 saturated heterocycles. The molecule has 0 fully saturated rings. The van der Waals surface area contributed by atoms with Crippen molar-refractivity contribution in [3.8, 4) is 11.6 Å². The van der Waals surface area contributed by atoms with Crippen LogP contribution in [0.25, 0.3) is 0 Å². The summed E-state index contributed by atoms with van der Waals surface area (Å²) in [6, 6.07) is 3.56. The maximum absolute atomic E-state index is 13.4. The minimum Gasteiger partial charge on any atom is -0.462 e. The van der Waals surface area contributed by atoms with Crippen LogP contribution in [-0.4, -0.2) is 17.6 Å². The van der Waals surface area contributed by atoms with Crippen LogP contribution >= 0.6 is 0 Å². The average molecular weight is 297 g/mol. The summed E-state index contributed by atoms with van der Waals surface area (Å²) in [5.74, 6) is -4.92. The van der Waals surface area contributed by atoms with Gasteiger partial charge in [0.2, 0.25) is 11.6 Å². The number of pyridine rings is 1. The Bertz CT molecular complexity index is 636. The molecule has 110 valence electrons. The number of esters is 1. The molecule has 0 saturated carbocycles. The van der Waals surface area contributed by atoms with Gasteiger partial charge in [0.15, 0.2) is 11.6 Å². The number of nitrogens with zero attached hydrogens (tertiary/aromatic N) is 1. The highest BCUT2D eigenvalue weighted by atomic mass is 19.1. The molecule has 1 aromatic carbocycles. The second-order valence-corrected chi connectivity index (χ2v) is 3.91. The Balaban J connectivity index is 2.19. The summed E-state index contributed by atoms with van der Waals surface area (Å²) < 4.78 is 49.2. The molecule has 1 heterocycles. The molecule has 0 amide bonds. The van der Waals surface area contributed by atoms with Crippen molar-refractivity contribution in [2.45, 2.75) is 6.92 Å². The Hall–Kier alpha value is -2.57. The molecule has 0 aliphatic carbocycles. The van der Waals surface area contributed by atoms with E-state index in [4.69, 9.17) is 9.47 Å². The third-order valence-corrected chi connectivity index (χ3v) is 2.42. The van der Waals surface area contributed by atoms with Crippen LogP contribution in [0.3, 0.4) is 0 Å². The molecule has 21 heavy (non-hydrogen) atoms. The number of hydrogen-bond acceptors (Lipinski definition) is 4. The molecular weight excluding hydrogens is 287 g/mol. The highest BCUT2D eigenvalue weighted by Gasteiger charge is 2.15. The lowest BCUT2D eigenvalue weighted by Gasteiger charge is -2.07. The highest BCUT2D eigenvalue weighted by molar-refractivity contribution is 5.89. The molecule has 0 unspecified atom stereocenters. The molecule has 1 aromatic heterocycles. The molecule has 0 atom stereocenters. The number of rotatable bonds is 4. The zero-order valence-electron chi connectivity index (χ0n) is 10.9. The number of carbonyl (C=O) groups is 1. The van der Waals surface area contributed by atoms with E-state index in [1.54, 1.807) is 6.92 Å². The molecular formula is C14H10F3NO3. The molecule has 0 N–H and O–H groups in total. The third kappa shape index (κ3) is 3.50. The summed E-state index contributed by atoms with van der Waals surface area (Å²) in [6.07, 6.45) is 1.15. The Labute approximate surface area is 118 Å². The van der Waals surface area contributed by atoms with Gasteiger partial charge in [-0.05, 0) is 13.0 Å². The van der Waals surface area contributed by atoms with Crippen molar-refractivity contribution in [3.05, 3.63) is 53.5 Å². The maximum Gasteiger partial charge on any atom is 0.339 e. The van der Waals surface area contributed by atoms with Gasteiger partial charge in [-0.2, -0.15) is 0 Å². The fraction of sp³-hybridized carbons (Fsp3) is 0.143. The molecule has 0 aliphatic rings. The minimum atomic E-state index is -1.19. The number of aromatic nitrogens is 1. The summed E-state index contributed by atoms with van der Waals surface area (Å²) in [5.41, 5.74) is 0.171. The van der Waals surface area contributed by atoms with Crippen LogP contribution in [0.1, 0.15) is 17.3 Å². The van der Waals surface area contributed by atoms with Gasteiger partial charge in [-0.15, -0.1) is 0 Å². The monoisotopic (exact) mass is 297 g/mol. The van der Waals surface area contributed by atoms with Gasteiger partial charge in [0.05, 0.1) is 12.2 Å². The molecule has 4 nitrogen and oxygen atoms in total. The SMILES string of the molecule is CCOC(=O)c1ccc(Oc2c(F)cc(F)cc2F)nc1.